The zero-order chi connectivity index (χ0) is 25.1. The summed E-state index contributed by atoms with van der Waals surface area (Å²) in [5.74, 6) is -0.476. The lowest BCUT2D eigenvalue weighted by molar-refractivity contribution is 0.0946. The summed E-state index contributed by atoms with van der Waals surface area (Å²) in [7, 11) is -1.62. The highest BCUT2D eigenvalue weighted by Crippen LogP contribution is 2.32. The molecule has 36 heavy (non-hydrogen) atoms. The minimum absolute atomic E-state index is 0.00986. The maximum atomic E-state index is 13.1. The molecule has 1 unspecified atom stereocenters. The van der Waals surface area contributed by atoms with Crippen LogP contribution in [0.5, 0.6) is 0 Å². The molecule has 3 aromatic heterocycles. The number of anilines is 1. The number of pyridine rings is 2. The standard InChI is InChI=1S/C26H21N7O2S/c27-25-24(26(34)31-14-19-9-10-20(15-30-19)36(28)35)32-23(22(33-25)16-5-2-1-3-6-16)18-8-11-21-17(13-18)7-4-12-29-21/h1-13,15H,14,28H2,(H2,27,33)(H,31,34). The molecule has 0 saturated carbocycles. The molecule has 10 heteroatoms. The number of amides is 1. The second-order valence-electron chi connectivity index (χ2n) is 7.90. The third-order valence-electron chi connectivity index (χ3n) is 5.52. The summed E-state index contributed by atoms with van der Waals surface area (Å²) in [6.07, 6.45) is 3.15. The quantitative estimate of drug-likeness (QED) is 0.327. The number of carbonyl (C=O) groups excluding carboxylic acids is 1. The summed E-state index contributed by atoms with van der Waals surface area (Å²) in [4.78, 5) is 31.3. The second kappa shape index (κ2) is 9.98. The molecule has 5 rings (SSSR count). The van der Waals surface area contributed by atoms with Gasteiger partial charge in [-0.15, -0.1) is 0 Å². The van der Waals surface area contributed by atoms with Crippen molar-refractivity contribution in [1.29, 1.82) is 0 Å². The molecule has 5 N–H and O–H groups in total. The van der Waals surface area contributed by atoms with Gasteiger partial charge in [0.2, 0.25) is 0 Å². The van der Waals surface area contributed by atoms with Gasteiger partial charge >= 0.3 is 0 Å². The van der Waals surface area contributed by atoms with E-state index >= 15 is 0 Å². The highest BCUT2D eigenvalue weighted by Gasteiger charge is 2.20. The number of nitrogen functional groups attached to an aromatic ring is 1. The number of fused-ring (bicyclic) bond motifs is 1. The Bertz CT molecular complexity index is 1590. The number of hydrogen-bond donors (Lipinski definition) is 3. The number of hydrogen-bond acceptors (Lipinski definition) is 7. The van der Waals surface area contributed by atoms with E-state index < -0.39 is 16.9 Å². The van der Waals surface area contributed by atoms with Crippen molar-refractivity contribution in [1.82, 2.24) is 25.3 Å². The lowest BCUT2D eigenvalue weighted by atomic mass is 10.0. The maximum absolute atomic E-state index is 13.1. The molecule has 0 radical (unpaired) electrons. The van der Waals surface area contributed by atoms with Crippen LogP contribution in [0.1, 0.15) is 16.2 Å². The van der Waals surface area contributed by atoms with Crippen molar-refractivity contribution in [2.24, 2.45) is 5.14 Å². The molecule has 0 bridgehead atoms. The Morgan fingerprint density at radius 1 is 0.889 bits per heavy atom. The predicted molar refractivity (Wildman–Crippen MR) is 139 cm³/mol. The van der Waals surface area contributed by atoms with Crippen molar-refractivity contribution < 1.29 is 9.00 Å². The molecule has 3 heterocycles. The number of nitrogens with two attached hydrogens (primary N) is 2. The number of nitrogens with one attached hydrogen (secondary N) is 1. The zero-order valence-electron chi connectivity index (χ0n) is 19.0. The number of rotatable bonds is 6. The van der Waals surface area contributed by atoms with E-state index in [-0.39, 0.29) is 18.1 Å². The van der Waals surface area contributed by atoms with Crippen LogP contribution >= 0.6 is 0 Å². The van der Waals surface area contributed by atoms with E-state index in [0.717, 1.165) is 22.0 Å². The molecule has 2 aromatic carbocycles. The van der Waals surface area contributed by atoms with E-state index in [2.05, 4.69) is 25.3 Å². The molecule has 9 nitrogen and oxygen atoms in total. The Hall–Kier alpha value is -4.54. The minimum atomic E-state index is -1.62. The van der Waals surface area contributed by atoms with E-state index in [9.17, 15) is 9.00 Å². The Balaban J connectivity index is 1.52. The lowest BCUT2D eigenvalue weighted by Gasteiger charge is -2.13. The summed E-state index contributed by atoms with van der Waals surface area (Å²) in [5.41, 5.74) is 10.3. The van der Waals surface area contributed by atoms with Gasteiger partial charge in [0, 0.05) is 28.9 Å². The van der Waals surface area contributed by atoms with Gasteiger partial charge in [-0.1, -0.05) is 42.5 Å². The highest BCUT2D eigenvalue weighted by molar-refractivity contribution is 7.82. The van der Waals surface area contributed by atoms with Crippen LogP contribution < -0.4 is 16.2 Å². The van der Waals surface area contributed by atoms with E-state index in [0.29, 0.717) is 22.0 Å². The zero-order valence-corrected chi connectivity index (χ0v) is 19.8. The predicted octanol–water partition coefficient (Wildman–Crippen LogP) is 3.25. The molecular weight excluding hydrogens is 474 g/mol. The number of benzene rings is 2. The molecule has 0 fully saturated rings. The fourth-order valence-electron chi connectivity index (χ4n) is 3.73. The molecular formula is C26H21N7O2S. The van der Waals surface area contributed by atoms with E-state index in [1.807, 2.05) is 60.7 Å². The Kier molecular flexibility index (Phi) is 6.44. The summed E-state index contributed by atoms with van der Waals surface area (Å²) < 4.78 is 11.3. The fraction of sp³-hybridized carbons (Fsp3) is 0.0385. The molecule has 1 amide bonds. The topological polar surface area (TPSA) is 150 Å². The monoisotopic (exact) mass is 495 g/mol. The van der Waals surface area contributed by atoms with Crippen LogP contribution in [0.4, 0.5) is 5.82 Å². The highest BCUT2D eigenvalue weighted by atomic mass is 32.2. The number of aromatic nitrogens is 4. The van der Waals surface area contributed by atoms with Crippen molar-refractivity contribution in [3.8, 4) is 22.5 Å². The van der Waals surface area contributed by atoms with Crippen molar-refractivity contribution in [2.75, 3.05) is 5.73 Å². The first kappa shape index (κ1) is 23.2. The van der Waals surface area contributed by atoms with Crippen molar-refractivity contribution >= 4 is 33.6 Å². The van der Waals surface area contributed by atoms with Gasteiger partial charge in [0.05, 0.1) is 34.0 Å². The number of nitrogens with zero attached hydrogens (tertiary/aromatic N) is 4. The van der Waals surface area contributed by atoms with Gasteiger partial charge < -0.3 is 11.1 Å². The van der Waals surface area contributed by atoms with Crippen LogP contribution in [0.3, 0.4) is 0 Å². The van der Waals surface area contributed by atoms with E-state index in [1.165, 1.54) is 6.20 Å². The molecule has 178 valence electrons. The molecule has 0 aliphatic heterocycles. The van der Waals surface area contributed by atoms with Gasteiger partial charge in [0.25, 0.3) is 5.91 Å². The van der Waals surface area contributed by atoms with Crippen molar-refractivity contribution in [3.63, 3.8) is 0 Å². The van der Waals surface area contributed by atoms with Crippen LogP contribution in [0.15, 0.2) is 90.1 Å². The van der Waals surface area contributed by atoms with Crippen molar-refractivity contribution in [3.05, 3.63) is 96.6 Å². The Morgan fingerprint density at radius 3 is 2.44 bits per heavy atom. The third kappa shape index (κ3) is 4.81. The molecule has 0 saturated heterocycles. The molecule has 0 aliphatic carbocycles. The smallest absolute Gasteiger partial charge is 0.274 e. The molecule has 0 aliphatic rings. The van der Waals surface area contributed by atoms with Gasteiger partial charge in [-0.2, -0.15) is 0 Å². The van der Waals surface area contributed by atoms with Crippen LogP contribution in [0.2, 0.25) is 0 Å². The summed E-state index contributed by atoms with van der Waals surface area (Å²) >= 11 is 0. The summed E-state index contributed by atoms with van der Waals surface area (Å²) in [6, 6.07) is 22.4. The van der Waals surface area contributed by atoms with Gasteiger partial charge in [0.1, 0.15) is 11.0 Å². The second-order valence-corrected chi connectivity index (χ2v) is 8.96. The van der Waals surface area contributed by atoms with Gasteiger partial charge in [-0.25, -0.2) is 19.3 Å². The average Bonchev–Trinajstić information content (AvgIpc) is 2.92. The SMILES string of the molecule is Nc1nc(-c2ccccc2)c(-c2ccc3ncccc3c2)nc1C(=O)NCc1ccc(S(N)=O)cn1. The van der Waals surface area contributed by atoms with E-state index in [4.69, 9.17) is 10.9 Å². The van der Waals surface area contributed by atoms with E-state index in [1.54, 1.807) is 18.3 Å². The van der Waals surface area contributed by atoms with Crippen LogP contribution in [0, 0.1) is 0 Å². The van der Waals surface area contributed by atoms with Gasteiger partial charge in [-0.05, 0) is 30.3 Å². The first-order valence-corrected chi connectivity index (χ1v) is 12.2. The summed E-state index contributed by atoms with van der Waals surface area (Å²) in [5, 5.41) is 9.06. The summed E-state index contributed by atoms with van der Waals surface area (Å²) in [6.45, 7) is 0.120. The normalized spacial score (nSPS) is 11.8. The Morgan fingerprint density at radius 2 is 1.69 bits per heavy atom. The largest absolute Gasteiger partial charge is 0.382 e. The molecule has 5 aromatic rings. The molecule has 0 spiro atoms. The van der Waals surface area contributed by atoms with Gasteiger partial charge in [-0.3, -0.25) is 14.8 Å². The molecule has 1 atom stereocenters. The number of carbonyl (C=O) groups is 1. The van der Waals surface area contributed by atoms with Crippen LogP contribution in [-0.2, 0) is 17.5 Å². The van der Waals surface area contributed by atoms with Crippen molar-refractivity contribution in [2.45, 2.75) is 11.4 Å². The first-order valence-electron chi connectivity index (χ1n) is 11.0. The third-order valence-corrected chi connectivity index (χ3v) is 6.23. The fourth-order valence-corrected chi connectivity index (χ4v) is 4.08. The first-order chi connectivity index (χ1) is 17.5. The van der Waals surface area contributed by atoms with Crippen LogP contribution in [-0.4, -0.2) is 30.1 Å². The maximum Gasteiger partial charge on any atom is 0.274 e. The lowest BCUT2D eigenvalue weighted by Crippen LogP contribution is -2.26. The Labute approximate surface area is 209 Å². The average molecular weight is 496 g/mol. The van der Waals surface area contributed by atoms with Gasteiger partial charge in [0.15, 0.2) is 11.5 Å². The minimum Gasteiger partial charge on any atom is -0.382 e. The van der Waals surface area contributed by atoms with Crippen LogP contribution in [0.25, 0.3) is 33.4 Å².